The molecule has 8 heteroatoms. The van der Waals surface area contributed by atoms with Gasteiger partial charge in [0.15, 0.2) is 9.82 Å². The Labute approximate surface area is 109 Å². The molecule has 0 saturated heterocycles. The standard InChI is InChI=1S/C9H6ClN3O2S2/c1-5-4-6(13(14)15)2-3-7(5)11-9-8(10)12-17-16-9/h2-4H,1H3. The average molecular weight is 288 g/mol. The highest BCUT2D eigenvalue weighted by Crippen LogP contribution is 2.23. The van der Waals surface area contributed by atoms with Crippen molar-refractivity contribution in [2.45, 2.75) is 6.92 Å². The SMILES string of the molecule is Cc1cc([N+](=O)[O-])ccc1N=c1ssnc1Cl. The molecule has 1 aromatic carbocycles. The smallest absolute Gasteiger partial charge is 0.258 e. The van der Waals surface area contributed by atoms with E-state index in [0.29, 0.717) is 15.5 Å². The molecular formula is C9H6ClN3O2S2. The fourth-order valence-corrected chi connectivity index (χ4v) is 3.20. The summed E-state index contributed by atoms with van der Waals surface area (Å²) in [7, 11) is 2.62. The van der Waals surface area contributed by atoms with Gasteiger partial charge in [0.1, 0.15) is 0 Å². The number of nitro benzene ring substituents is 1. The lowest BCUT2D eigenvalue weighted by Crippen LogP contribution is -1.94. The van der Waals surface area contributed by atoms with Crippen molar-refractivity contribution in [2.24, 2.45) is 4.99 Å². The van der Waals surface area contributed by atoms with E-state index in [1.54, 1.807) is 13.0 Å². The van der Waals surface area contributed by atoms with E-state index < -0.39 is 4.92 Å². The third-order valence-electron chi connectivity index (χ3n) is 2.02. The number of benzene rings is 1. The monoisotopic (exact) mass is 287 g/mol. The Morgan fingerprint density at radius 3 is 2.82 bits per heavy atom. The Balaban J connectivity index is 2.49. The van der Waals surface area contributed by atoms with Gasteiger partial charge in [0, 0.05) is 22.7 Å². The molecule has 2 aromatic rings. The fourth-order valence-electron chi connectivity index (χ4n) is 1.21. The number of hydrogen-bond acceptors (Lipinski definition) is 6. The van der Waals surface area contributed by atoms with E-state index in [9.17, 15) is 10.1 Å². The topological polar surface area (TPSA) is 68.4 Å². The summed E-state index contributed by atoms with van der Waals surface area (Å²) in [5.74, 6) is 0. The van der Waals surface area contributed by atoms with Crippen LogP contribution in [0.4, 0.5) is 11.4 Å². The first-order chi connectivity index (χ1) is 8.08. The van der Waals surface area contributed by atoms with Gasteiger partial charge in [-0.1, -0.05) is 11.6 Å². The van der Waals surface area contributed by atoms with Gasteiger partial charge in [0.05, 0.1) is 10.6 Å². The van der Waals surface area contributed by atoms with Crippen molar-refractivity contribution < 1.29 is 4.92 Å². The zero-order valence-corrected chi connectivity index (χ0v) is 11.0. The minimum atomic E-state index is -0.432. The van der Waals surface area contributed by atoms with Gasteiger partial charge in [-0.05, 0) is 28.9 Å². The van der Waals surface area contributed by atoms with Gasteiger partial charge in [-0.2, -0.15) is 4.37 Å². The van der Waals surface area contributed by atoms with Crippen molar-refractivity contribution in [2.75, 3.05) is 0 Å². The van der Waals surface area contributed by atoms with E-state index in [1.807, 2.05) is 0 Å². The second kappa shape index (κ2) is 4.91. The van der Waals surface area contributed by atoms with E-state index in [-0.39, 0.29) is 5.69 Å². The molecule has 88 valence electrons. The summed E-state index contributed by atoms with van der Waals surface area (Å²) in [5, 5.41) is 10.9. The summed E-state index contributed by atoms with van der Waals surface area (Å²) in [4.78, 5) is 14.5. The van der Waals surface area contributed by atoms with Crippen LogP contribution in [0.3, 0.4) is 0 Å². The van der Waals surface area contributed by atoms with Crippen LogP contribution in [0.25, 0.3) is 0 Å². The zero-order valence-electron chi connectivity index (χ0n) is 8.58. The molecule has 0 unspecified atom stereocenters. The first-order valence-electron chi connectivity index (χ1n) is 4.49. The lowest BCUT2D eigenvalue weighted by molar-refractivity contribution is -0.384. The van der Waals surface area contributed by atoms with Crippen LogP contribution in [-0.4, -0.2) is 9.30 Å². The highest BCUT2D eigenvalue weighted by molar-refractivity contribution is 7.66. The van der Waals surface area contributed by atoms with Crippen molar-refractivity contribution in [3.8, 4) is 0 Å². The molecule has 2 rings (SSSR count). The third kappa shape index (κ3) is 2.68. The van der Waals surface area contributed by atoms with Crippen molar-refractivity contribution >= 4 is 43.9 Å². The molecule has 0 fully saturated rings. The Morgan fingerprint density at radius 2 is 2.29 bits per heavy atom. The normalized spacial score (nSPS) is 11.8. The van der Waals surface area contributed by atoms with Gasteiger partial charge in [-0.15, -0.1) is 0 Å². The Morgan fingerprint density at radius 1 is 1.53 bits per heavy atom. The van der Waals surface area contributed by atoms with E-state index >= 15 is 0 Å². The van der Waals surface area contributed by atoms with Gasteiger partial charge < -0.3 is 0 Å². The molecule has 1 aromatic heterocycles. The van der Waals surface area contributed by atoms with Gasteiger partial charge in [-0.25, -0.2) is 4.99 Å². The largest absolute Gasteiger partial charge is 0.269 e. The highest BCUT2D eigenvalue weighted by Gasteiger charge is 2.07. The number of aryl methyl sites for hydroxylation is 1. The van der Waals surface area contributed by atoms with Crippen molar-refractivity contribution in [3.63, 3.8) is 0 Å². The molecule has 0 amide bonds. The molecular weight excluding hydrogens is 282 g/mol. The molecule has 0 aliphatic heterocycles. The van der Waals surface area contributed by atoms with E-state index in [4.69, 9.17) is 11.6 Å². The molecule has 0 saturated carbocycles. The molecule has 0 bridgehead atoms. The van der Waals surface area contributed by atoms with Crippen molar-refractivity contribution in [1.29, 1.82) is 0 Å². The van der Waals surface area contributed by atoms with Crippen LogP contribution >= 0.6 is 32.5 Å². The molecule has 0 atom stereocenters. The fraction of sp³-hybridized carbons (Fsp3) is 0.111. The lowest BCUT2D eigenvalue weighted by atomic mass is 10.2. The maximum absolute atomic E-state index is 10.6. The van der Waals surface area contributed by atoms with Crippen LogP contribution < -0.4 is 4.67 Å². The average Bonchev–Trinajstić information content (AvgIpc) is 2.67. The number of hydrogen-bond donors (Lipinski definition) is 0. The summed E-state index contributed by atoms with van der Waals surface area (Å²) >= 11 is 5.83. The minimum absolute atomic E-state index is 0.0552. The lowest BCUT2D eigenvalue weighted by Gasteiger charge is -1.98. The first-order valence-corrected chi connectivity index (χ1v) is 6.97. The molecule has 0 aliphatic carbocycles. The summed E-state index contributed by atoms with van der Waals surface area (Å²) in [6, 6.07) is 4.51. The van der Waals surface area contributed by atoms with E-state index in [2.05, 4.69) is 9.37 Å². The second-order valence-corrected chi connectivity index (χ2v) is 5.38. The van der Waals surface area contributed by atoms with Crippen LogP contribution in [0.2, 0.25) is 5.15 Å². The molecule has 5 nitrogen and oxygen atoms in total. The number of aromatic nitrogens is 1. The van der Waals surface area contributed by atoms with Crippen molar-refractivity contribution in [1.82, 2.24) is 4.37 Å². The summed E-state index contributed by atoms with van der Waals surface area (Å²) < 4.78 is 4.53. The zero-order chi connectivity index (χ0) is 12.4. The van der Waals surface area contributed by atoms with Crippen LogP contribution in [0.1, 0.15) is 5.56 Å². The van der Waals surface area contributed by atoms with E-state index in [1.165, 1.54) is 33.0 Å². The number of nitrogens with zero attached hydrogens (tertiary/aromatic N) is 3. The Kier molecular flexibility index (Phi) is 3.51. The van der Waals surface area contributed by atoms with E-state index in [0.717, 1.165) is 5.56 Å². The second-order valence-electron chi connectivity index (χ2n) is 3.18. The van der Waals surface area contributed by atoms with Crippen molar-refractivity contribution in [3.05, 3.63) is 43.7 Å². The Hall–Kier alpha value is -1.31. The minimum Gasteiger partial charge on any atom is -0.258 e. The first kappa shape index (κ1) is 12.2. The number of nitro groups is 1. The van der Waals surface area contributed by atoms with Gasteiger partial charge in [0.2, 0.25) is 0 Å². The van der Waals surface area contributed by atoms with Crippen LogP contribution in [0, 0.1) is 17.0 Å². The molecule has 0 radical (unpaired) electrons. The maximum Gasteiger partial charge on any atom is 0.269 e. The van der Waals surface area contributed by atoms with Crippen LogP contribution in [0.15, 0.2) is 23.2 Å². The number of halogens is 1. The quantitative estimate of drug-likeness (QED) is 0.483. The van der Waals surface area contributed by atoms with Crippen LogP contribution in [-0.2, 0) is 0 Å². The van der Waals surface area contributed by atoms with Gasteiger partial charge in [0.25, 0.3) is 5.69 Å². The highest BCUT2D eigenvalue weighted by atomic mass is 35.5. The molecule has 0 N–H and O–H groups in total. The maximum atomic E-state index is 10.6. The number of non-ortho nitro benzene ring substituents is 1. The Bertz CT molecular complexity index is 635. The van der Waals surface area contributed by atoms with Gasteiger partial charge >= 0.3 is 0 Å². The van der Waals surface area contributed by atoms with Gasteiger partial charge in [-0.3, -0.25) is 10.1 Å². The third-order valence-corrected chi connectivity index (χ3v) is 4.19. The number of rotatable bonds is 2. The molecule has 17 heavy (non-hydrogen) atoms. The molecule has 0 spiro atoms. The van der Waals surface area contributed by atoms with Crippen LogP contribution in [0.5, 0.6) is 0 Å². The summed E-state index contributed by atoms with van der Waals surface area (Å²) in [5.41, 5.74) is 1.45. The molecule has 0 aliphatic rings. The summed E-state index contributed by atoms with van der Waals surface area (Å²) in [6.07, 6.45) is 0. The molecule has 1 heterocycles. The summed E-state index contributed by atoms with van der Waals surface area (Å²) in [6.45, 7) is 1.77. The predicted octanol–water partition coefficient (Wildman–Crippen LogP) is 3.31. The predicted molar refractivity (Wildman–Crippen MR) is 68.1 cm³/mol.